The number of hydrogen-bond acceptors (Lipinski definition) is 4. The minimum Gasteiger partial charge on any atom is -0.384 e. The van der Waals surface area contributed by atoms with Crippen LogP contribution < -0.4 is 5.73 Å². The van der Waals surface area contributed by atoms with Gasteiger partial charge in [-0.3, -0.25) is 0 Å². The van der Waals surface area contributed by atoms with Crippen LogP contribution in [-0.4, -0.2) is 28.7 Å². The molecule has 0 unspecified atom stereocenters. The van der Waals surface area contributed by atoms with Crippen LogP contribution in [0, 0.1) is 0 Å². The Morgan fingerprint density at radius 2 is 2.21 bits per heavy atom. The van der Waals surface area contributed by atoms with Crippen LogP contribution in [0.25, 0.3) is 0 Å². The van der Waals surface area contributed by atoms with Crippen molar-refractivity contribution in [3.8, 4) is 0 Å². The van der Waals surface area contributed by atoms with Gasteiger partial charge in [0.25, 0.3) is 0 Å². The normalized spacial score (nSPS) is 11.2. The molecule has 5 nitrogen and oxygen atoms in total. The first-order chi connectivity index (χ1) is 6.70. The van der Waals surface area contributed by atoms with Crippen LogP contribution in [0.1, 0.15) is 31.3 Å². The monoisotopic (exact) mass is 198 g/mol. The van der Waals surface area contributed by atoms with Crippen molar-refractivity contribution in [2.75, 3.05) is 13.7 Å². The molecule has 2 N–H and O–H groups in total. The molecule has 80 valence electrons. The average Bonchev–Trinajstić information content (AvgIpc) is 2.57. The van der Waals surface area contributed by atoms with Gasteiger partial charge in [0, 0.05) is 26.1 Å². The van der Waals surface area contributed by atoms with Gasteiger partial charge in [0.1, 0.15) is 0 Å². The van der Waals surface area contributed by atoms with Crippen LogP contribution in [0.4, 0.5) is 0 Å². The molecule has 0 aliphatic rings. The summed E-state index contributed by atoms with van der Waals surface area (Å²) in [5, 5.41) is 8.11. The van der Waals surface area contributed by atoms with Crippen molar-refractivity contribution in [3.05, 3.63) is 11.4 Å². The van der Waals surface area contributed by atoms with Crippen LogP contribution in [-0.2, 0) is 17.7 Å². The number of nitrogens with zero attached hydrogens (tertiary/aromatic N) is 3. The number of methoxy groups -OCH3 is 1. The Labute approximate surface area is 84.2 Å². The van der Waals surface area contributed by atoms with E-state index in [-0.39, 0.29) is 0 Å². The number of ether oxygens (including phenoxy) is 1. The molecule has 0 amide bonds. The number of rotatable bonds is 5. The molecule has 0 aliphatic heterocycles. The van der Waals surface area contributed by atoms with Gasteiger partial charge in [-0.05, 0) is 13.8 Å². The van der Waals surface area contributed by atoms with Crippen molar-refractivity contribution in [2.24, 2.45) is 5.73 Å². The predicted molar refractivity (Wildman–Crippen MR) is 53.9 cm³/mol. The van der Waals surface area contributed by atoms with E-state index in [0.29, 0.717) is 19.2 Å². The third-order valence-electron chi connectivity index (χ3n) is 2.10. The minimum absolute atomic E-state index is 0.314. The lowest BCUT2D eigenvalue weighted by Crippen LogP contribution is -2.11. The molecule has 1 heterocycles. The van der Waals surface area contributed by atoms with Gasteiger partial charge < -0.3 is 10.5 Å². The van der Waals surface area contributed by atoms with E-state index in [9.17, 15) is 0 Å². The van der Waals surface area contributed by atoms with E-state index >= 15 is 0 Å². The van der Waals surface area contributed by atoms with Crippen molar-refractivity contribution < 1.29 is 4.74 Å². The van der Waals surface area contributed by atoms with Crippen LogP contribution in [0.5, 0.6) is 0 Å². The zero-order chi connectivity index (χ0) is 10.6. The fourth-order valence-electron chi connectivity index (χ4n) is 1.38. The molecule has 0 aliphatic carbocycles. The molecule has 0 bridgehead atoms. The van der Waals surface area contributed by atoms with Gasteiger partial charge >= 0.3 is 0 Å². The molecular formula is C9H18N4O. The average molecular weight is 198 g/mol. The zero-order valence-electron chi connectivity index (χ0n) is 9.03. The first-order valence-corrected chi connectivity index (χ1v) is 4.82. The van der Waals surface area contributed by atoms with Crippen molar-refractivity contribution in [1.29, 1.82) is 0 Å². The van der Waals surface area contributed by atoms with Crippen molar-refractivity contribution >= 4 is 0 Å². The molecule has 0 spiro atoms. The summed E-state index contributed by atoms with van der Waals surface area (Å²) < 4.78 is 6.94. The molecule has 1 rings (SSSR count). The van der Waals surface area contributed by atoms with E-state index in [4.69, 9.17) is 10.5 Å². The SMILES string of the molecule is COCCc1c(CN)nnn1C(C)C. The lowest BCUT2D eigenvalue weighted by molar-refractivity contribution is 0.199. The van der Waals surface area contributed by atoms with E-state index in [1.165, 1.54) is 0 Å². The Morgan fingerprint density at radius 3 is 2.71 bits per heavy atom. The minimum atomic E-state index is 0.314. The van der Waals surface area contributed by atoms with Gasteiger partial charge in [-0.15, -0.1) is 5.10 Å². The lowest BCUT2D eigenvalue weighted by atomic mass is 10.2. The Kier molecular flexibility index (Phi) is 4.03. The Bertz CT molecular complexity index is 282. The van der Waals surface area contributed by atoms with Crippen molar-refractivity contribution in [2.45, 2.75) is 32.9 Å². The van der Waals surface area contributed by atoms with Gasteiger partial charge in [0.2, 0.25) is 0 Å². The van der Waals surface area contributed by atoms with E-state index in [2.05, 4.69) is 24.2 Å². The number of aromatic nitrogens is 3. The zero-order valence-corrected chi connectivity index (χ0v) is 9.03. The summed E-state index contributed by atoms with van der Waals surface area (Å²) in [6.45, 7) is 5.26. The highest BCUT2D eigenvalue weighted by Gasteiger charge is 2.12. The molecule has 0 radical (unpaired) electrons. The highest BCUT2D eigenvalue weighted by molar-refractivity contribution is 5.10. The van der Waals surface area contributed by atoms with Crippen LogP contribution in [0.2, 0.25) is 0 Å². The van der Waals surface area contributed by atoms with Crippen LogP contribution in [0.3, 0.4) is 0 Å². The topological polar surface area (TPSA) is 66.0 Å². The second kappa shape index (κ2) is 5.07. The fourth-order valence-corrected chi connectivity index (χ4v) is 1.38. The molecule has 0 atom stereocenters. The van der Waals surface area contributed by atoms with Gasteiger partial charge in [-0.1, -0.05) is 5.21 Å². The summed E-state index contributed by atoms with van der Waals surface area (Å²) in [5.41, 5.74) is 7.54. The standard InChI is InChI=1S/C9H18N4O/c1-7(2)13-9(4-5-14-3)8(6-10)11-12-13/h7H,4-6,10H2,1-3H3. The second-order valence-corrected chi connectivity index (χ2v) is 3.47. The van der Waals surface area contributed by atoms with Crippen molar-refractivity contribution in [3.63, 3.8) is 0 Å². The molecule has 5 heteroatoms. The van der Waals surface area contributed by atoms with E-state index in [0.717, 1.165) is 17.8 Å². The number of hydrogen-bond donors (Lipinski definition) is 1. The summed E-state index contributed by atoms with van der Waals surface area (Å²) in [6.07, 6.45) is 0.814. The highest BCUT2D eigenvalue weighted by atomic mass is 16.5. The van der Waals surface area contributed by atoms with Gasteiger partial charge in [-0.25, -0.2) is 4.68 Å². The smallest absolute Gasteiger partial charge is 0.0995 e. The highest BCUT2D eigenvalue weighted by Crippen LogP contribution is 2.11. The Morgan fingerprint density at radius 1 is 1.50 bits per heavy atom. The maximum Gasteiger partial charge on any atom is 0.0995 e. The molecule has 1 aromatic heterocycles. The van der Waals surface area contributed by atoms with Gasteiger partial charge in [0.05, 0.1) is 18.0 Å². The van der Waals surface area contributed by atoms with Crippen LogP contribution in [0.15, 0.2) is 0 Å². The third kappa shape index (κ3) is 2.30. The maximum absolute atomic E-state index is 5.58. The molecule has 0 fully saturated rings. The summed E-state index contributed by atoms with van der Waals surface area (Å²) in [4.78, 5) is 0. The Hall–Kier alpha value is -0.940. The van der Waals surface area contributed by atoms with E-state index in [1.54, 1.807) is 7.11 Å². The van der Waals surface area contributed by atoms with Crippen molar-refractivity contribution in [1.82, 2.24) is 15.0 Å². The van der Waals surface area contributed by atoms with E-state index in [1.807, 2.05) is 4.68 Å². The fraction of sp³-hybridized carbons (Fsp3) is 0.778. The second-order valence-electron chi connectivity index (χ2n) is 3.47. The molecule has 0 saturated carbocycles. The Balaban J connectivity index is 2.88. The van der Waals surface area contributed by atoms with Gasteiger partial charge in [0.15, 0.2) is 0 Å². The largest absolute Gasteiger partial charge is 0.384 e. The third-order valence-corrected chi connectivity index (χ3v) is 2.10. The summed E-state index contributed by atoms with van der Waals surface area (Å²) >= 11 is 0. The molecule has 0 saturated heterocycles. The first-order valence-electron chi connectivity index (χ1n) is 4.82. The lowest BCUT2D eigenvalue weighted by Gasteiger charge is -2.09. The first kappa shape index (κ1) is 11.1. The van der Waals surface area contributed by atoms with Gasteiger partial charge in [-0.2, -0.15) is 0 Å². The molecule has 14 heavy (non-hydrogen) atoms. The van der Waals surface area contributed by atoms with E-state index < -0.39 is 0 Å². The molecule has 0 aromatic carbocycles. The van der Waals surface area contributed by atoms with Crippen LogP contribution >= 0.6 is 0 Å². The summed E-state index contributed by atoms with van der Waals surface area (Å²) in [6, 6.07) is 0.314. The summed E-state index contributed by atoms with van der Waals surface area (Å²) in [7, 11) is 1.69. The summed E-state index contributed by atoms with van der Waals surface area (Å²) in [5.74, 6) is 0. The maximum atomic E-state index is 5.58. The molecule has 1 aromatic rings. The molecular weight excluding hydrogens is 180 g/mol. The quantitative estimate of drug-likeness (QED) is 0.748. The number of nitrogens with two attached hydrogens (primary N) is 1. The predicted octanol–water partition coefficient (Wildman–Crippen LogP) is 0.507.